The zero-order chi connectivity index (χ0) is 16.4. The molecule has 0 heterocycles. The molecule has 0 saturated heterocycles. The molecule has 1 fully saturated rings. The van der Waals surface area contributed by atoms with Crippen LogP contribution in [0.15, 0.2) is 36.5 Å². The van der Waals surface area contributed by atoms with Crippen molar-refractivity contribution in [3.63, 3.8) is 0 Å². The first-order chi connectivity index (χ1) is 10.7. The van der Waals surface area contributed by atoms with Crippen LogP contribution in [0.25, 0.3) is 0 Å². The molecule has 0 spiro atoms. The van der Waals surface area contributed by atoms with E-state index in [9.17, 15) is 14.9 Å². The molecule has 1 aromatic rings. The zero-order valence-electron chi connectivity index (χ0n) is 13.2. The normalized spacial score (nSPS) is 15.0. The molecular weight excluding hydrogens is 280 g/mol. The number of allylic oxidation sites excluding steroid dienone is 1. The van der Waals surface area contributed by atoms with Crippen LogP contribution in [0.4, 0.5) is 11.4 Å². The maximum absolute atomic E-state index is 11.9. The van der Waals surface area contributed by atoms with Crippen molar-refractivity contribution in [1.29, 1.82) is 0 Å². The van der Waals surface area contributed by atoms with E-state index in [2.05, 4.69) is 5.32 Å². The highest BCUT2D eigenvalue weighted by molar-refractivity contribution is 5.92. The maximum Gasteiger partial charge on any atom is 0.271 e. The molecule has 1 aliphatic carbocycles. The summed E-state index contributed by atoms with van der Waals surface area (Å²) in [6.07, 6.45) is 8.52. The number of anilines is 1. The molecule has 1 aromatic carbocycles. The lowest BCUT2D eigenvalue weighted by Crippen LogP contribution is -2.15. The number of hydrogen-bond donors (Lipinski definition) is 1. The molecule has 22 heavy (non-hydrogen) atoms. The minimum absolute atomic E-state index is 0.0296. The van der Waals surface area contributed by atoms with Gasteiger partial charge in [0.1, 0.15) is 0 Å². The molecule has 1 saturated carbocycles. The highest BCUT2D eigenvalue weighted by Crippen LogP contribution is 2.24. The summed E-state index contributed by atoms with van der Waals surface area (Å²) < 4.78 is 0. The minimum atomic E-state index is -0.442. The van der Waals surface area contributed by atoms with Gasteiger partial charge in [0, 0.05) is 29.9 Å². The molecule has 0 aromatic heterocycles. The number of nitro groups is 1. The van der Waals surface area contributed by atoms with E-state index in [1.807, 2.05) is 13.8 Å². The lowest BCUT2D eigenvalue weighted by atomic mass is 9.86. The topological polar surface area (TPSA) is 72.2 Å². The van der Waals surface area contributed by atoms with E-state index in [-0.39, 0.29) is 17.4 Å². The maximum atomic E-state index is 11.9. The van der Waals surface area contributed by atoms with E-state index in [0.29, 0.717) is 5.69 Å². The first kappa shape index (κ1) is 17.9. The second kappa shape index (κ2) is 9.71. The average molecular weight is 304 g/mol. The fraction of sp³-hybridized carbons (Fsp3) is 0.471. The standard InChI is InChI=1S/C15H18N2O3.C2H6/c18-15(12-5-2-1-3-6-12)9-10-16-13-7-4-8-14(11-13)17(19)20;1-2/h4,7-12,16H,1-3,5-6H2;1-2H3/b10-9-;. The summed E-state index contributed by atoms with van der Waals surface area (Å²) >= 11 is 0. The van der Waals surface area contributed by atoms with Crippen molar-refractivity contribution in [2.75, 3.05) is 5.32 Å². The van der Waals surface area contributed by atoms with E-state index in [0.717, 1.165) is 25.7 Å². The number of carbonyl (C=O) groups excluding carboxylic acids is 1. The Labute approximate surface area is 131 Å². The van der Waals surface area contributed by atoms with Crippen molar-refractivity contribution in [3.05, 3.63) is 46.7 Å². The van der Waals surface area contributed by atoms with E-state index in [1.54, 1.807) is 18.3 Å². The summed E-state index contributed by atoms with van der Waals surface area (Å²) in [7, 11) is 0. The molecule has 120 valence electrons. The molecule has 0 unspecified atom stereocenters. The van der Waals surface area contributed by atoms with Crippen LogP contribution in [0.1, 0.15) is 46.0 Å². The predicted molar refractivity (Wildman–Crippen MR) is 88.8 cm³/mol. The van der Waals surface area contributed by atoms with Crippen molar-refractivity contribution in [2.45, 2.75) is 46.0 Å². The summed E-state index contributed by atoms with van der Waals surface area (Å²) in [5.74, 6) is 0.287. The van der Waals surface area contributed by atoms with Crippen LogP contribution in [0.2, 0.25) is 0 Å². The van der Waals surface area contributed by atoms with Crippen molar-refractivity contribution in [1.82, 2.24) is 0 Å². The van der Waals surface area contributed by atoms with Gasteiger partial charge in [0.15, 0.2) is 5.78 Å². The summed E-state index contributed by atoms with van der Waals surface area (Å²) in [6.45, 7) is 4.00. The van der Waals surface area contributed by atoms with Gasteiger partial charge in [-0.25, -0.2) is 0 Å². The quantitative estimate of drug-likeness (QED) is 0.486. The third-order valence-corrected chi connectivity index (χ3v) is 3.56. The van der Waals surface area contributed by atoms with Crippen LogP contribution in [0.5, 0.6) is 0 Å². The van der Waals surface area contributed by atoms with Crippen molar-refractivity contribution < 1.29 is 9.72 Å². The molecule has 5 heteroatoms. The molecular formula is C17H24N2O3. The lowest BCUT2D eigenvalue weighted by Gasteiger charge is -2.18. The third-order valence-electron chi connectivity index (χ3n) is 3.56. The Morgan fingerprint density at radius 1 is 1.27 bits per heavy atom. The number of nitro benzene ring substituents is 1. The Kier molecular flexibility index (Phi) is 7.89. The summed E-state index contributed by atoms with van der Waals surface area (Å²) in [5.41, 5.74) is 0.633. The average Bonchev–Trinajstić information content (AvgIpc) is 2.57. The van der Waals surface area contributed by atoms with Gasteiger partial charge in [0.2, 0.25) is 0 Å². The molecule has 2 rings (SSSR count). The van der Waals surface area contributed by atoms with Gasteiger partial charge in [-0.3, -0.25) is 14.9 Å². The predicted octanol–water partition coefficient (Wildman–Crippen LogP) is 4.70. The van der Waals surface area contributed by atoms with Gasteiger partial charge in [-0.1, -0.05) is 39.2 Å². The van der Waals surface area contributed by atoms with Crippen LogP contribution in [-0.2, 0) is 4.79 Å². The number of ketones is 1. The van der Waals surface area contributed by atoms with Gasteiger partial charge in [-0.15, -0.1) is 0 Å². The van der Waals surface area contributed by atoms with E-state index >= 15 is 0 Å². The monoisotopic (exact) mass is 304 g/mol. The summed E-state index contributed by atoms with van der Waals surface area (Å²) in [6, 6.07) is 6.21. The van der Waals surface area contributed by atoms with E-state index in [4.69, 9.17) is 0 Å². The fourth-order valence-corrected chi connectivity index (χ4v) is 2.45. The van der Waals surface area contributed by atoms with E-state index in [1.165, 1.54) is 24.6 Å². The van der Waals surface area contributed by atoms with Gasteiger partial charge in [0.05, 0.1) is 4.92 Å². The van der Waals surface area contributed by atoms with E-state index < -0.39 is 4.92 Å². The Balaban J connectivity index is 0.00000116. The fourth-order valence-electron chi connectivity index (χ4n) is 2.45. The number of hydrogen-bond acceptors (Lipinski definition) is 4. The van der Waals surface area contributed by atoms with Crippen LogP contribution in [0, 0.1) is 16.0 Å². The zero-order valence-corrected chi connectivity index (χ0v) is 13.2. The number of rotatable bonds is 5. The first-order valence-corrected chi connectivity index (χ1v) is 7.88. The van der Waals surface area contributed by atoms with Crippen molar-refractivity contribution >= 4 is 17.2 Å². The second-order valence-electron chi connectivity index (χ2n) is 5.02. The minimum Gasteiger partial charge on any atom is -0.361 e. The van der Waals surface area contributed by atoms with Gasteiger partial charge in [-0.05, 0) is 25.0 Å². The Morgan fingerprint density at radius 2 is 1.95 bits per heavy atom. The van der Waals surface area contributed by atoms with Gasteiger partial charge < -0.3 is 5.32 Å². The van der Waals surface area contributed by atoms with Gasteiger partial charge in [0.25, 0.3) is 5.69 Å². The number of carbonyl (C=O) groups is 1. The molecule has 0 radical (unpaired) electrons. The number of benzene rings is 1. The number of non-ortho nitro benzene ring substituents is 1. The van der Waals surface area contributed by atoms with Crippen LogP contribution in [-0.4, -0.2) is 10.7 Å². The summed E-state index contributed by atoms with van der Waals surface area (Å²) in [4.78, 5) is 22.1. The molecule has 5 nitrogen and oxygen atoms in total. The molecule has 1 aliphatic rings. The van der Waals surface area contributed by atoms with Crippen molar-refractivity contribution in [3.8, 4) is 0 Å². The first-order valence-electron chi connectivity index (χ1n) is 7.88. The van der Waals surface area contributed by atoms with Gasteiger partial charge in [-0.2, -0.15) is 0 Å². The van der Waals surface area contributed by atoms with Crippen molar-refractivity contribution in [2.24, 2.45) is 5.92 Å². The van der Waals surface area contributed by atoms with Crippen LogP contribution >= 0.6 is 0 Å². The molecule has 0 bridgehead atoms. The molecule has 0 aliphatic heterocycles. The summed E-state index contributed by atoms with van der Waals surface area (Å²) in [5, 5.41) is 13.6. The molecule has 1 N–H and O–H groups in total. The highest BCUT2D eigenvalue weighted by atomic mass is 16.6. The van der Waals surface area contributed by atoms with Crippen LogP contribution < -0.4 is 5.32 Å². The Bertz CT molecular complexity index is 520. The smallest absolute Gasteiger partial charge is 0.271 e. The van der Waals surface area contributed by atoms with Crippen LogP contribution in [0.3, 0.4) is 0 Å². The second-order valence-corrected chi connectivity index (χ2v) is 5.02. The third kappa shape index (κ3) is 5.68. The molecule has 0 atom stereocenters. The SMILES string of the molecule is CC.O=C(/C=C\Nc1cccc([N+](=O)[O-])c1)C1CCCCC1. The highest BCUT2D eigenvalue weighted by Gasteiger charge is 2.18. The molecule has 0 amide bonds. The Morgan fingerprint density at radius 3 is 2.59 bits per heavy atom. The Hall–Kier alpha value is -2.17. The van der Waals surface area contributed by atoms with Gasteiger partial charge >= 0.3 is 0 Å². The number of nitrogens with zero attached hydrogens (tertiary/aromatic N) is 1. The largest absolute Gasteiger partial charge is 0.361 e. The lowest BCUT2D eigenvalue weighted by molar-refractivity contribution is -0.384. The number of nitrogens with one attached hydrogen (secondary N) is 1.